The minimum Gasteiger partial charge on any atom is -0.383 e. The molecule has 1 aliphatic heterocycles. The molecular weight excluding hydrogens is 475 g/mol. The van der Waals surface area contributed by atoms with E-state index in [-0.39, 0.29) is 5.75 Å². The minimum absolute atomic E-state index is 0.114. The highest BCUT2D eigenvalue weighted by Gasteiger charge is 2.20. The van der Waals surface area contributed by atoms with Crippen molar-refractivity contribution < 1.29 is 9.47 Å². The van der Waals surface area contributed by atoms with Crippen LogP contribution in [0.4, 0.5) is 15.9 Å². The monoisotopic (exact) mass is 502 g/mol. The first-order valence-electron chi connectivity index (χ1n) is 11.6. The molecule has 0 atom stereocenters. The van der Waals surface area contributed by atoms with Crippen LogP contribution in [-0.4, -0.2) is 35.9 Å². The fourth-order valence-electron chi connectivity index (χ4n) is 3.64. The SMILES string of the molecule is CCc1ccccc1N1CCCS/C1=N\N=C\c1ccc(C(N)=NC=Nc2ccc(OF)cc2)cc1. The van der Waals surface area contributed by atoms with E-state index >= 15 is 0 Å². The number of hydrogen-bond donors (Lipinski definition) is 1. The van der Waals surface area contributed by atoms with E-state index in [1.807, 2.05) is 24.3 Å². The van der Waals surface area contributed by atoms with Crippen LogP contribution in [0.15, 0.2) is 93.0 Å². The summed E-state index contributed by atoms with van der Waals surface area (Å²) in [7, 11) is 0. The van der Waals surface area contributed by atoms with Gasteiger partial charge in [-0.3, -0.25) is 4.94 Å². The van der Waals surface area contributed by atoms with Gasteiger partial charge in [0.1, 0.15) is 12.2 Å². The molecule has 1 saturated heterocycles. The fraction of sp³-hybridized carbons (Fsp3) is 0.185. The molecule has 0 spiro atoms. The van der Waals surface area contributed by atoms with Crippen LogP contribution in [0.2, 0.25) is 0 Å². The molecule has 3 aromatic carbocycles. The lowest BCUT2D eigenvalue weighted by molar-refractivity contribution is -0.00618. The van der Waals surface area contributed by atoms with E-state index in [0.29, 0.717) is 11.5 Å². The van der Waals surface area contributed by atoms with Crippen molar-refractivity contribution in [2.75, 3.05) is 17.2 Å². The summed E-state index contributed by atoms with van der Waals surface area (Å²) in [5.41, 5.74) is 10.9. The van der Waals surface area contributed by atoms with Crippen molar-refractivity contribution in [2.24, 2.45) is 25.9 Å². The number of para-hydroxylation sites is 1. The molecule has 0 amide bonds. The Morgan fingerprint density at radius 1 is 1.08 bits per heavy atom. The van der Waals surface area contributed by atoms with Crippen LogP contribution in [0.5, 0.6) is 5.75 Å². The molecule has 1 aliphatic rings. The lowest BCUT2D eigenvalue weighted by Crippen LogP contribution is -2.34. The highest BCUT2D eigenvalue weighted by Crippen LogP contribution is 2.28. The van der Waals surface area contributed by atoms with Gasteiger partial charge in [-0.25, -0.2) is 9.98 Å². The number of rotatable bonds is 8. The van der Waals surface area contributed by atoms with Gasteiger partial charge in [0.05, 0.1) is 11.9 Å². The number of aliphatic imine (C=N–C) groups is 2. The normalized spacial score (nSPS) is 15.8. The molecule has 1 heterocycles. The van der Waals surface area contributed by atoms with Crippen molar-refractivity contribution in [1.29, 1.82) is 0 Å². The third-order valence-electron chi connectivity index (χ3n) is 5.54. The molecule has 36 heavy (non-hydrogen) atoms. The Bertz CT molecular complexity index is 1270. The molecule has 0 radical (unpaired) electrons. The number of amidine groups is 2. The van der Waals surface area contributed by atoms with Gasteiger partial charge in [-0.15, -0.1) is 5.10 Å². The predicted octanol–water partition coefficient (Wildman–Crippen LogP) is 5.91. The van der Waals surface area contributed by atoms with Gasteiger partial charge < -0.3 is 10.6 Å². The number of hydrogen-bond acceptors (Lipinski definition) is 5. The van der Waals surface area contributed by atoms with Crippen LogP contribution in [0.1, 0.15) is 30.0 Å². The van der Waals surface area contributed by atoms with Crippen molar-refractivity contribution in [1.82, 2.24) is 0 Å². The molecule has 0 bridgehead atoms. The largest absolute Gasteiger partial charge is 0.383 e. The highest BCUT2D eigenvalue weighted by molar-refractivity contribution is 8.14. The summed E-state index contributed by atoms with van der Waals surface area (Å²) >= 11 is 1.73. The van der Waals surface area contributed by atoms with Crippen molar-refractivity contribution in [3.8, 4) is 5.75 Å². The van der Waals surface area contributed by atoms with Crippen LogP contribution < -0.4 is 15.6 Å². The summed E-state index contributed by atoms with van der Waals surface area (Å²) in [6.07, 6.45) is 5.17. The zero-order valence-electron chi connectivity index (χ0n) is 19.9. The van der Waals surface area contributed by atoms with E-state index in [2.05, 4.69) is 61.2 Å². The van der Waals surface area contributed by atoms with Gasteiger partial charge in [-0.2, -0.15) is 5.10 Å². The molecule has 184 valence electrons. The van der Waals surface area contributed by atoms with E-state index in [4.69, 9.17) is 5.73 Å². The standard InChI is InChI=1S/C27H27FN6OS/c1-2-21-6-3-4-7-25(21)34-16-5-17-36-27(34)33-32-18-20-8-10-22(11-9-20)26(29)31-19-30-23-12-14-24(35-28)15-13-23/h3-4,6-15,18-19H,2,5,16-17H2,1H3,(H2,29,30,31)/b32-18+,33-27-. The molecule has 0 unspecified atom stereocenters. The van der Waals surface area contributed by atoms with E-state index in [1.165, 1.54) is 29.7 Å². The van der Waals surface area contributed by atoms with Crippen LogP contribution >= 0.6 is 11.8 Å². The molecule has 4 rings (SSSR count). The molecule has 7 nitrogen and oxygen atoms in total. The zero-order chi connectivity index (χ0) is 25.2. The first-order valence-corrected chi connectivity index (χ1v) is 12.6. The van der Waals surface area contributed by atoms with Gasteiger partial charge in [-0.1, -0.05) is 61.2 Å². The molecule has 3 aromatic rings. The van der Waals surface area contributed by atoms with Gasteiger partial charge in [0.2, 0.25) is 0 Å². The lowest BCUT2D eigenvalue weighted by atomic mass is 10.1. The number of anilines is 1. The second-order valence-electron chi connectivity index (χ2n) is 7.92. The van der Waals surface area contributed by atoms with Crippen LogP contribution in [0.25, 0.3) is 0 Å². The van der Waals surface area contributed by atoms with Crippen molar-refractivity contribution in [2.45, 2.75) is 19.8 Å². The Balaban J connectivity index is 1.41. The van der Waals surface area contributed by atoms with E-state index in [0.717, 1.165) is 41.4 Å². The molecule has 9 heteroatoms. The maximum absolute atomic E-state index is 12.1. The van der Waals surface area contributed by atoms with Crippen LogP contribution in [0.3, 0.4) is 0 Å². The smallest absolute Gasteiger partial charge is 0.190 e. The topological polar surface area (TPSA) is 87.9 Å². The minimum atomic E-state index is 0.114. The van der Waals surface area contributed by atoms with Crippen LogP contribution in [-0.2, 0) is 6.42 Å². The number of nitrogens with two attached hydrogens (primary N) is 1. The molecule has 0 aromatic heterocycles. The molecular formula is C27H27FN6OS. The average molecular weight is 503 g/mol. The van der Waals surface area contributed by atoms with Crippen LogP contribution in [0, 0.1) is 0 Å². The van der Waals surface area contributed by atoms with Gasteiger partial charge >= 0.3 is 0 Å². The second kappa shape index (κ2) is 12.6. The van der Waals surface area contributed by atoms with E-state index in [9.17, 15) is 4.53 Å². The van der Waals surface area contributed by atoms with Crippen molar-refractivity contribution in [3.63, 3.8) is 0 Å². The average Bonchev–Trinajstić information content (AvgIpc) is 2.94. The number of benzene rings is 3. The molecule has 0 saturated carbocycles. The maximum atomic E-state index is 12.1. The number of nitrogens with zero attached hydrogens (tertiary/aromatic N) is 5. The summed E-state index contributed by atoms with van der Waals surface area (Å²) in [6, 6.07) is 22.2. The summed E-state index contributed by atoms with van der Waals surface area (Å²) in [5, 5.41) is 9.80. The zero-order valence-corrected chi connectivity index (χ0v) is 20.7. The van der Waals surface area contributed by atoms with Crippen molar-refractivity contribution in [3.05, 3.63) is 89.5 Å². The predicted molar refractivity (Wildman–Crippen MR) is 149 cm³/mol. The maximum Gasteiger partial charge on any atom is 0.190 e. The Kier molecular flexibility index (Phi) is 8.82. The van der Waals surface area contributed by atoms with Gasteiger partial charge in [0.25, 0.3) is 0 Å². The Morgan fingerprint density at radius 3 is 2.61 bits per heavy atom. The number of thioether (sulfide) groups is 1. The highest BCUT2D eigenvalue weighted by atomic mass is 32.2. The molecule has 0 aliphatic carbocycles. The lowest BCUT2D eigenvalue weighted by Gasteiger charge is -2.30. The Morgan fingerprint density at radius 2 is 1.86 bits per heavy atom. The first kappa shape index (κ1) is 25.1. The second-order valence-corrected chi connectivity index (χ2v) is 8.98. The third kappa shape index (κ3) is 6.57. The summed E-state index contributed by atoms with van der Waals surface area (Å²) in [4.78, 5) is 14.3. The molecule has 1 fully saturated rings. The first-order chi connectivity index (χ1) is 17.7. The quantitative estimate of drug-likeness (QED) is 0.236. The van der Waals surface area contributed by atoms with Crippen molar-refractivity contribution >= 4 is 46.7 Å². The fourth-order valence-corrected chi connectivity index (χ4v) is 4.55. The summed E-state index contributed by atoms with van der Waals surface area (Å²) in [5.74, 6) is 1.48. The summed E-state index contributed by atoms with van der Waals surface area (Å²) < 4.78 is 12.1. The Hall–Kier alpha value is -3.98. The van der Waals surface area contributed by atoms with Gasteiger partial charge in [-0.05, 0) is 54.3 Å². The number of halogens is 1. The van der Waals surface area contributed by atoms with E-state index < -0.39 is 0 Å². The number of aryl methyl sites for hydroxylation is 1. The van der Waals surface area contributed by atoms with Gasteiger partial charge in [0.15, 0.2) is 10.9 Å². The third-order valence-corrected chi connectivity index (χ3v) is 6.59. The van der Waals surface area contributed by atoms with Gasteiger partial charge in [0, 0.05) is 28.1 Å². The Labute approximate surface area is 214 Å². The molecule has 2 N–H and O–H groups in total. The summed E-state index contributed by atoms with van der Waals surface area (Å²) in [6.45, 7) is 3.11. The van der Waals surface area contributed by atoms with E-state index in [1.54, 1.807) is 30.1 Å².